The normalized spacial score (nSPS) is 17.1. The van der Waals surface area contributed by atoms with Crippen LogP contribution in [0.5, 0.6) is 0 Å². The molecule has 1 saturated heterocycles. The topological polar surface area (TPSA) is 26.7 Å². The quantitative estimate of drug-likeness (QED) is 0.748. The Bertz CT molecular complexity index is 719. The number of hydrogen-bond acceptors (Lipinski definition) is 4. The molecule has 0 aliphatic carbocycles. The number of thioether (sulfide) groups is 1. The highest BCUT2D eigenvalue weighted by Crippen LogP contribution is 2.32. The van der Waals surface area contributed by atoms with Gasteiger partial charge in [-0.2, -0.15) is 13.2 Å². The molecule has 0 amide bonds. The Balaban J connectivity index is 1.43. The largest absolute Gasteiger partial charge is 0.416 e. The number of β-amino-alcohol motifs (C(OH)–C–C–N with tert-alkyl or cyclic N) is 1. The average Bonchev–Trinajstić information content (AvgIpc) is 2.67. The Morgan fingerprint density at radius 3 is 2.33 bits per heavy atom. The summed E-state index contributed by atoms with van der Waals surface area (Å²) in [6.07, 6.45) is -4.92. The molecule has 1 aliphatic rings. The zero-order valence-electron chi connectivity index (χ0n) is 14.9. The van der Waals surface area contributed by atoms with Crippen LogP contribution < -0.4 is 4.90 Å². The molecule has 0 saturated carbocycles. The first kappa shape index (κ1) is 20.0. The van der Waals surface area contributed by atoms with Gasteiger partial charge in [-0.05, 0) is 30.3 Å². The molecule has 1 fully saturated rings. The van der Waals surface area contributed by atoms with E-state index in [1.165, 1.54) is 23.5 Å². The molecular formula is C20H23F3N2OS. The molecule has 0 aromatic heterocycles. The van der Waals surface area contributed by atoms with Crippen molar-refractivity contribution in [3.8, 4) is 0 Å². The molecule has 1 atom stereocenters. The minimum Gasteiger partial charge on any atom is -0.391 e. The van der Waals surface area contributed by atoms with Gasteiger partial charge in [0.1, 0.15) is 0 Å². The predicted molar refractivity (Wildman–Crippen MR) is 103 cm³/mol. The maximum absolute atomic E-state index is 12.8. The van der Waals surface area contributed by atoms with Crippen LogP contribution in [0.25, 0.3) is 0 Å². The highest BCUT2D eigenvalue weighted by Gasteiger charge is 2.30. The van der Waals surface area contributed by atoms with E-state index in [1.54, 1.807) is 6.07 Å². The van der Waals surface area contributed by atoms with Gasteiger partial charge in [0.05, 0.1) is 11.7 Å². The number of nitrogens with zero attached hydrogens (tertiary/aromatic N) is 2. The molecule has 146 valence electrons. The molecular weight excluding hydrogens is 373 g/mol. The Kier molecular flexibility index (Phi) is 6.68. The van der Waals surface area contributed by atoms with Gasteiger partial charge in [0, 0.05) is 49.1 Å². The van der Waals surface area contributed by atoms with Crippen LogP contribution in [-0.4, -0.2) is 54.6 Å². The minimum absolute atomic E-state index is 0.375. The lowest BCUT2D eigenvalue weighted by molar-refractivity contribution is -0.137. The van der Waals surface area contributed by atoms with E-state index in [0.717, 1.165) is 38.3 Å². The first-order valence-electron chi connectivity index (χ1n) is 8.92. The zero-order valence-corrected chi connectivity index (χ0v) is 15.7. The van der Waals surface area contributed by atoms with Gasteiger partial charge in [0.15, 0.2) is 0 Å². The summed E-state index contributed by atoms with van der Waals surface area (Å²) in [7, 11) is 0. The molecule has 1 aliphatic heterocycles. The molecule has 3 rings (SSSR count). The molecule has 0 radical (unpaired) electrons. The highest BCUT2D eigenvalue weighted by atomic mass is 32.2. The molecule has 7 heteroatoms. The summed E-state index contributed by atoms with van der Waals surface area (Å²) < 4.78 is 38.3. The molecule has 0 bridgehead atoms. The number of hydrogen-bond donors (Lipinski definition) is 1. The summed E-state index contributed by atoms with van der Waals surface area (Å²) in [6, 6.07) is 15.5. The third-order valence-electron chi connectivity index (χ3n) is 4.57. The maximum Gasteiger partial charge on any atom is 0.416 e. The molecule has 0 unspecified atom stereocenters. The summed E-state index contributed by atoms with van der Waals surface area (Å²) in [5.41, 5.74) is 0.553. The second kappa shape index (κ2) is 8.99. The van der Waals surface area contributed by atoms with Crippen LogP contribution in [0.15, 0.2) is 59.5 Å². The van der Waals surface area contributed by atoms with Crippen molar-refractivity contribution >= 4 is 17.4 Å². The van der Waals surface area contributed by atoms with Crippen molar-refractivity contribution < 1.29 is 18.3 Å². The fraction of sp³-hybridized carbons (Fsp3) is 0.400. The summed E-state index contributed by atoms with van der Waals surface area (Å²) in [5.74, 6) is 0.375. The lowest BCUT2D eigenvalue weighted by Crippen LogP contribution is -2.48. The smallest absolute Gasteiger partial charge is 0.391 e. The van der Waals surface area contributed by atoms with Crippen molar-refractivity contribution in [3.05, 3.63) is 60.2 Å². The average molecular weight is 396 g/mol. The van der Waals surface area contributed by atoms with Gasteiger partial charge >= 0.3 is 6.18 Å². The van der Waals surface area contributed by atoms with Crippen molar-refractivity contribution in [2.75, 3.05) is 43.4 Å². The first-order valence-corrected chi connectivity index (χ1v) is 9.91. The van der Waals surface area contributed by atoms with Crippen LogP contribution in [0, 0.1) is 0 Å². The molecule has 0 spiro atoms. The van der Waals surface area contributed by atoms with Crippen LogP contribution >= 0.6 is 11.8 Å². The van der Waals surface area contributed by atoms with E-state index in [2.05, 4.69) is 21.9 Å². The van der Waals surface area contributed by atoms with E-state index >= 15 is 0 Å². The summed E-state index contributed by atoms with van der Waals surface area (Å²) in [4.78, 5) is 5.05. The van der Waals surface area contributed by atoms with Crippen molar-refractivity contribution in [3.63, 3.8) is 0 Å². The molecule has 1 N–H and O–H groups in total. The van der Waals surface area contributed by atoms with E-state index in [9.17, 15) is 18.3 Å². The van der Waals surface area contributed by atoms with Crippen LogP contribution in [0.4, 0.5) is 18.9 Å². The SMILES string of the molecule is O[C@@H](CSc1cccc(C(F)(F)F)c1)CN1CCN(c2ccccc2)CC1. The van der Waals surface area contributed by atoms with Gasteiger partial charge in [-0.3, -0.25) is 4.90 Å². The van der Waals surface area contributed by atoms with Crippen LogP contribution in [0.1, 0.15) is 5.56 Å². The van der Waals surface area contributed by atoms with Crippen LogP contribution in [0.2, 0.25) is 0 Å². The number of aliphatic hydroxyl groups is 1. The van der Waals surface area contributed by atoms with Gasteiger partial charge in [-0.1, -0.05) is 24.3 Å². The van der Waals surface area contributed by atoms with E-state index < -0.39 is 17.8 Å². The Morgan fingerprint density at radius 2 is 1.67 bits per heavy atom. The van der Waals surface area contributed by atoms with E-state index in [1.807, 2.05) is 18.2 Å². The van der Waals surface area contributed by atoms with Gasteiger partial charge in [-0.25, -0.2) is 0 Å². The van der Waals surface area contributed by atoms with Gasteiger partial charge in [0.25, 0.3) is 0 Å². The molecule has 2 aromatic carbocycles. The number of piperazine rings is 1. The first-order chi connectivity index (χ1) is 12.9. The molecule has 2 aromatic rings. The summed E-state index contributed by atoms with van der Waals surface area (Å²) in [6.45, 7) is 4.06. The Labute approximate surface area is 161 Å². The number of halogens is 3. The van der Waals surface area contributed by atoms with Crippen molar-refractivity contribution in [1.82, 2.24) is 4.90 Å². The number of rotatable bonds is 6. The number of benzene rings is 2. The van der Waals surface area contributed by atoms with Crippen molar-refractivity contribution in [1.29, 1.82) is 0 Å². The minimum atomic E-state index is -4.34. The number of alkyl halides is 3. The van der Waals surface area contributed by atoms with Gasteiger partial charge < -0.3 is 10.0 Å². The number of para-hydroxylation sites is 1. The van der Waals surface area contributed by atoms with Crippen molar-refractivity contribution in [2.45, 2.75) is 17.2 Å². The summed E-state index contributed by atoms with van der Waals surface area (Å²) in [5, 5.41) is 10.3. The van der Waals surface area contributed by atoms with Crippen LogP contribution in [0.3, 0.4) is 0 Å². The van der Waals surface area contributed by atoms with Gasteiger partial charge in [-0.15, -0.1) is 11.8 Å². The molecule has 3 nitrogen and oxygen atoms in total. The second-order valence-electron chi connectivity index (χ2n) is 6.61. The van der Waals surface area contributed by atoms with Crippen molar-refractivity contribution in [2.24, 2.45) is 0 Å². The highest BCUT2D eigenvalue weighted by molar-refractivity contribution is 7.99. The standard InChI is InChI=1S/C20H23F3N2OS/c21-20(22,23)16-5-4-8-19(13-16)27-15-18(26)14-24-9-11-25(12-10-24)17-6-2-1-3-7-17/h1-8,13,18,26H,9-12,14-15H2/t18-/m1/s1. The number of aliphatic hydroxyl groups excluding tert-OH is 1. The fourth-order valence-corrected chi connectivity index (χ4v) is 4.01. The summed E-state index contributed by atoms with van der Waals surface area (Å²) >= 11 is 1.26. The monoisotopic (exact) mass is 396 g/mol. The molecule has 1 heterocycles. The Hall–Kier alpha value is -1.70. The van der Waals surface area contributed by atoms with Gasteiger partial charge in [0.2, 0.25) is 0 Å². The second-order valence-corrected chi connectivity index (χ2v) is 7.71. The fourth-order valence-electron chi connectivity index (χ4n) is 3.13. The maximum atomic E-state index is 12.8. The number of anilines is 1. The van der Waals surface area contributed by atoms with E-state index in [-0.39, 0.29) is 0 Å². The predicted octanol–water partition coefficient (Wildman–Crippen LogP) is 3.98. The lowest BCUT2D eigenvalue weighted by atomic mass is 10.2. The van der Waals surface area contributed by atoms with E-state index in [4.69, 9.17) is 0 Å². The molecule has 27 heavy (non-hydrogen) atoms. The van der Waals surface area contributed by atoms with E-state index in [0.29, 0.717) is 17.2 Å². The third-order valence-corrected chi connectivity index (χ3v) is 5.71. The van der Waals surface area contributed by atoms with Crippen LogP contribution in [-0.2, 0) is 6.18 Å². The third kappa shape index (κ3) is 5.89. The Morgan fingerprint density at radius 1 is 0.963 bits per heavy atom. The zero-order chi connectivity index (χ0) is 19.3. The lowest BCUT2D eigenvalue weighted by Gasteiger charge is -2.36.